The van der Waals surface area contributed by atoms with Crippen LogP contribution in [0.15, 0.2) is 0 Å². The molecule has 0 aromatic rings. The molecule has 0 aromatic heterocycles. The molecule has 0 unspecified atom stereocenters. The summed E-state index contributed by atoms with van der Waals surface area (Å²) in [6.07, 6.45) is 2.77. The SMILES string of the molecule is CC.CCNC1CC(C(C)(C)C)C1. The van der Waals surface area contributed by atoms with E-state index in [2.05, 4.69) is 33.0 Å². The largest absolute Gasteiger partial charge is 0.314 e. The molecule has 1 saturated carbocycles. The van der Waals surface area contributed by atoms with Gasteiger partial charge in [0.25, 0.3) is 0 Å². The third-order valence-electron chi connectivity index (χ3n) is 2.86. The van der Waals surface area contributed by atoms with Crippen molar-refractivity contribution < 1.29 is 0 Å². The van der Waals surface area contributed by atoms with Crippen LogP contribution in [0, 0.1) is 11.3 Å². The van der Waals surface area contributed by atoms with Gasteiger partial charge in [-0.1, -0.05) is 41.5 Å². The lowest BCUT2D eigenvalue weighted by atomic mass is 9.66. The summed E-state index contributed by atoms with van der Waals surface area (Å²) < 4.78 is 0. The van der Waals surface area contributed by atoms with Crippen LogP contribution in [0.4, 0.5) is 0 Å². The zero-order valence-electron chi connectivity index (χ0n) is 10.3. The predicted molar refractivity (Wildman–Crippen MR) is 61.0 cm³/mol. The van der Waals surface area contributed by atoms with Crippen LogP contribution in [-0.4, -0.2) is 12.6 Å². The Bertz CT molecular complexity index is 118. The van der Waals surface area contributed by atoms with E-state index in [4.69, 9.17) is 0 Å². The molecule has 0 heterocycles. The Labute approximate surface area is 84.3 Å². The highest BCUT2D eigenvalue weighted by Crippen LogP contribution is 2.41. The van der Waals surface area contributed by atoms with Crippen molar-refractivity contribution >= 4 is 0 Å². The van der Waals surface area contributed by atoms with Crippen molar-refractivity contribution in [1.82, 2.24) is 5.32 Å². The first kappa shape index (κ1) is 13.0. The lowest BCUT2D eigenvalue weighted by molar-refractivity contribution is 0.0998. The van der Waals surface area contributed by atoms with Gasteiger partial charge < -0.3 is 5.32 Å². The molecule has 1 aliphatic carbocycles. The summed E-state index contributed by atoms with van der Waals surface area (Å²) in [6.45, 7) is 14.4. The number of hydrogen-bond acceptors (Lipinski definition) is 1. The molecule has 1 N–H and O–H groups in total. The summed E-state index contributed by atoms with van der Waals surface area (Å²) in [5, 5.41) is 3.48. The minimum Gasteiger partial charge on any atom is -0.314 e. The van der Waals surface area contributed by atoms with E-state index in [-0.39, 0.29) is 0 Å². The van der Waals surface area contributed by atoms with E-state index in [9.17, 15) is 0 Å². The third kappa shape index (κ3) is 4.12. The van der Waals surface area contributed by atoms with E-state index in [0.29, 0.717) is 5.41 Å². The van der Waals surface area contributed by atoms with Crippen molar-refractivity contribution in [3.05, 3.63) is 0 Å². The van der Waals surface area contributed by atoms with Gasteiger partial charge in [0, 0.05) is 6.04 Å². The van der Waals surface area contributed by atoms with Gasteiger partial charge in [0.05, 0.1) is 0 Å². The highest BCUT2D eigenvalue weighted by Gasteiger charge is 2.36. The zero-order chi connectivity index (χ0) is 10.5. The summed E-state index contributed by atoms with van der Waals surface area (Å²) in [7, 11) is 0. The molecule has 1 fully saturated rings. The highest BCUT2D eigenvalue weighted by atomic mass is 14.9. The van der Waals surface area contributed by atoms with E-state index < -0.39 is 0 Å². The van der Waals surface area contributed by atoms with Crippen LogP contribution in [0.1, 0.15) is 54.4 Å². The van der Waals surface area contributed by atoms with Crippen LogP contribution in [0.3, 0.4) is 0 Å². The fourth-order valence-corrected chi connectivity index (χ4v) is 1.78. The molecule has 0 radical (unpaired) electrons. The van der Waals surface area contributed by atoms with Gasteiger partial charge in [-0.05, 0) is 30.7 Å². The van der Waals surface area contributed by atoms with Gasteiger partial charge in [-0.2, -0.15) is 0 Å². The van der Waals surface area contributed by atoms with Crippen molar-refractivity contribution in [3.8, 4) is 0 Å². The second-order valence-corrected chi connectivity index (χ2v) is 4.79. The van der Waals surface area contributed by atoms with Gasteiger partial charge in [-0.25, -0.2) is 0 Å². The Morgan fingerprint density at radius 2 is 1.62 bits per heavy atom. The lowest BCUT2D eigenvalue weighted by Crippen LogP contribution is -2.45. The fourth-order valence-electron chi connectivity index (χ4n) is 1.78. The van der Waals surface area contributed by atoms with E-state index in [0.717, 1.165) is 18.5 Å². The Kier molecular flexibility index (Phi) is 5.62. The van der Waals surface area contributed by atoms with Crippen molar-refractivity contribution in [3.63, 3.8) is 0 Å². The Morgan fingerprint density at radius 3 is 1.92 bits per heavy atom. The first-order valence-electron chi connectivity index (χ1n) is 5.77. The molecule has 0 amide bonds. The van der Waals surface area contributed by atoms with E-state index >= 15 is 0 Å². The summed E-state index contributed by atoms with van der Waals surface area (Å²) in [4.78, 5) is 0. The predicted octanol–water partition coefficient (Wildman–Crippen LogP) is 3.45. The molecule has 1 heteroatoms. The van der Waals surface area contributed by atoms with Gasteiger partial charge in [0.15, 0.2) is 0 Å². The van der Waals surface area contributed by atoms with Crippen LogP contribution in [0.5, 0.6) is 0 Å². The smallest absolute Gasteiger partial charge is 0.00726 e. The molecule has 1 aliphatic rings. The average Bonchev–Trinajstić information content (AvgIpc) is 1.97. The zero-order valence-corrected chi connectivity index (χ0v) is 10.3. The summed E-state index contributed by atoms with van der Waals surface area (Å²) in [5.74, 6) is 0.951. The summed E-state index contributed by atoms with van der Waals surface area (Å²) in [6, 6.07) is 0.823. The molecular weight excluding hydrogens is 158 g/mol. The molecule has 1 rings (SSSR count). The first-order valence-corrected chi connectivity index (χ1v) is 5.77. The van der Waals surface area contributed by atoms with Crippen molar-refractivity contribution in [1.29, 1.82) is 0 Å². The molecule has 0 bridgehead atoms. The molecule has 1 nitrogen and oxygen atoms in total. The van der Waals surface area contributed by atoms with Gasteiger partial charge in [-0.3, -0.25) is 0 Å². The molecule has 13 heavy (non-hydrogen) atoms. The molecule has 0 atom stereocenters. The molecule has 0 saturated heterocycles. The Balaban J connectivity index is 0.000000671. The normalized spacial score (nSPS) is 27.2. The standard InChI is InChI=1S/C10H21N.C2H6/c1-5-11-9-6-8(7-9)10(2,3)4;1-2/h8-9,11H,5-7H2,1-4H3;1-2H3. The molecule has 0 aliphatic heterocycles. The molecular formula is C12H27N. The van der Waals surface area contributed by atoms with Crippen molar-refractivity contribution in [2.24, 2.45) is 11.3 Å². The third-order valence-corrected chi connectivity index (χ3v) is 2.86. The van der Waals surface area contributed by atoms with Gasteiger partial charge >= 0.3 is 0 Å². The van der Waals surface area contributed by atoms with Gasteiger partial charge in [0.2, 0.25) is 0 Å². The maximum Gasteiger partial charge on any atom is 0.00726 e. The fraction of sp³-hybridized carbons (Fsp3) is 1.00. The summed E-state index contributed by atoms with van der Waals surface area (Å²) >= 11 is 0. The van der Waals surface area contributed by atoms with E-state index in [1.54, 1.807) is 0 Å². The quantitative estimate of drug-likeness (QED) is 0.695. The van der Waals surface area contributed by atoms with Gasteiger partial charge in [-0.15, -0.1) is 0 Å². The number of nitrogens with one attached hydrogen (secondary N) is 1. The second-order valence-electron chi connectivity index (χ2n) is 4.79. The van der Waals surface area contributed by atoms with Crippen LogP contribution >= 0.6 is 0 Å². The van der Waals surface area contributed by atoms with E-state index in [1.807, 2.05) is 13.8 Å². The van der Waals surface area contributed by atoms with Crippen molar-refractivity contribution in [2.75, 3.05) is 6.54 Å². The number of hydrogen-bond donors (Lipinski definition) is 1. The minimum atomic E-state index is 0.534. The lowest BCUT2D eigenvalue weighted by Gasteiger charge is -2.44. The topological polar surface area (TPSA) is 12.0 Å². The highest BCUT2D eigenvalue weighted by molar-refractivity contribution is 4.90. The Hall–Kier alpha value is -0.0400. The molecule has 0 spiro atoms. The molecule has 80 valence electrons. The minimum absolute atomic E-state index is 0.534. The monoisotopic (exact) mass is 185 g/mol. The average molecular weight is 185 g/mol. The first-order chi connectivity index (χ1) is 6.04. The maximum atomic E-state index is 3.48. The molecule has 0 aromatic carbocycles. The van der Waals surface area contributed by atoms with Crippen LogP contribution in [0.25, 0.3) is 0 Å². The van der Waals surface area contributed by atoms with Crippen LogP contribution in [0.2, 0.25) is 0 Å². The summed E-state index contributed by atoms with van der Waals surface area (Å²) in [5.41, 5.74) is 0.534. The number of rotatable bonds is 2. The van der Waals surface area contributed by atoms with Crippen molar-refractivity contribution in [2.45, 2.75) is 60.4 Å². The second kappa shape index (κ2) is 5.64. The van der Waals surface area contributed by atoms with Crippen LogP contribution in [-0.2, 0) is 0 Å². The maximum absolute atomic E-state index is 3.48. The Morgan fingerprint density at radius 1 is 1.15 bits per heavy atom. The van der Waals surface area contributed by atoms with Crippen LogP contribution < -0.4 is 5.32 Å². The van der Waals surface area contributed by atoms with Gasteiger partial charge in [0.1, 0.15) is 0 Å². The van der Waals surface area contributed by atoms with E-state index in [1.165, 1.54) is 12.8 Å².